The number of unbranched alkanes of at least 4 members (excludes halogenated alkanes) is 31. The minimum absolute atomic E-state index is 0.0934. The molecule has 0 amide bonds. The first-order valence-electron chi connectivity index (χ1n) is 32.2. The van der Waals surface area contributed by atoms with E-state index in [9.17, 15) is 14.4 Å². The van der Waals surface area contributed by atoms with Gasteiger partial charge < -0.3 is 14.2 Å². The molecule has 0 saturated carbocycles. The maximum absolute atomic E-state index is 12.9. The second kappa shape index (κ2) is 63.9. The lowest BCUT2D eigenvalue weighted by Gasteiger charge is -2.18. The summed E-state index contributed by atoms with van der Waals surface area (Å²) in [4.78, 5) is 38.4. The van der Waals surface area contributed by atoms with Gasteiger partial charge in [-0.15, -0.1) is 0 Å². The van der Waals surface area contributed by atoms with Gasteiger partial charge in [0.1, 0.15) is 13.2 Å². The van der Waals surface area contributed by atoms with E-state index in [0.29, 0.717) is 12.8 Å². The summed E-state index contributed by atoms with van der Waals surface area (Å²) in [5.41, 5.74) is 0. The van der Waals surface area contributed by atoms with Crippen molar-refractivity contribution in [3.63, 3.8) is 0 Å². The number of ether oxygens (including phenoxy) is 3. The van der Waals surface area contributed by atoms with Gasteiger partial charge in [0.25, 0.3) is 0 Å². The Morgan fingerprint density at radius 2 is 0.513 bits per heavy atom. The van der Waals surface area contributed by atoms with Crippen molar-refractivity contribution < 1.29 is 28.6 Å². The molecule has 0 spiro atoms. The molecule has 0 aromatic carbocycles. The van der Waals surface area contributed by atoms with Crippen LogP contribution in [-0.4, -0.2) is 37.2 Å². The lowest BCUT2D eigenvalue weighted by molar-refractivity contribution is -0.167. The van der Waals surface area contributed by atoms with Crippen LogP contribution in [0.4, 0.5) is 0 Å². The standard InChI is InChI=1S/C70H120O6/c1-4-7-10-13-16-19-22-25-28-31-34-35-37-39-42-45-48-51-54-57-60-63-69(72)75-66-67(65-74-68(71)62-59-56-53-50-47-44-41-38-33-30-27-24-21-18-15-12-9-6-3)76-70(73)64-61-58-55-52-49-46-43-40-36-32-29-26-23-20-17-14-11-8-5-2/h8,11,17,20,22,25-26,29,31,34,36-37,39-40,46,49,67H,4-7,9-10,12-16,18-19,21,23-24,27-28,30,32-33,35,38,41-45,47-48,50-66H2,1-3H3/b11-8-,20-17-,25-22-,29-26-,34-31-,39-37-,40-36-,49-46-. The largest absolute Gasteiger partial charge is 0.462 e. The summed E-state index contributed by atoms with van der Waals surface area (Å²) in [6.07, 6.45) is 85.5. The SMILES string of the molecule is CC/C=C\C/C=C\C/C=C\C/C=C\C/C=C\CCCCCC(=O)OC(COC(=O)CCCCCCCC/C=C\C/C=C\C/C=C\CCCCCCC)COC(=O)CCCCCCCCCCCCCCCCCCCC. The van der Waals surface area contributed by atoms with Gasteiger partial charge in [-0.3, -0.25) is 14.4 Å². The molecule has 6 nitrogen and oxygen atoms in total. The summed E-state index contributed by atoms with van der Waals surface area (Å²) in [7, 11) is 0. The lowest BCUT2D eigenvalue weighted by atomic mass is 10.0. The van der Waals surface area contributed by atoms with Crippen molar-refractivity contribution in [1.82, 2.24) is 0 Å². The predicted molar refractivity (Wildman–Crippen MR) is 330 cm³/mol. The lowest BCUT2D eigenvalue weighted by Crippen LogP contribution is -2.30. The van der Waals surface area contributed by atoms with Crippen LogP contribution in [0.15, 0.2) is 97.2 Å². The molecule has 0 aliphatic heterocycles. The van der Waals surface area contributed by atoms with Gasteiger partial charge in [0.2, 0.25) is 0 Å². The Morgan fingerprint density at radius 1 is 0.276 bits per heavy atom. The van der Waals surface area contributed by atoms with Gasteiger partial charge in [0.15, 0.2) is 6.10 Å². The van der Waals surface area contributed by atoms with Crippen LogP contribution in [0.5, 0.6) is 0 Å². The molecular weight excluding hydrogens is 937 g/mol. The first kappa shape index (κ1) is 72.3. The molecule has 0 N–H and O–H groups in total. The van der Waals surface area contributed by atoms with Crippen molar-refractivity contribution in [2.75, 3.05) is 13.2 Å². The minimum atomic E-state index is -0.802. The van der Waals surface area contributed by atoms with Crippen LogP contribution in [0, 0.1) is 0 Å². The smallest absolute Gasteiger partial charge is 0.306 e. The fraction of sp³-hybridized carbons (Fsp3) is 0.729. The Morgan fingerprint density at radius 3 is 0.816 bits per heavy atom. The average Bonchev–Trinajstić information content (AvgIpc) is 3.42. The van der Waals surface area contributed by atoms with Crippen LogP contribution < -0.4 is 0 Å². The Balaban J connectivity index is 4.46. The normalized spacial score (nSPS) is 12.7. The second-order valence-electron chi connectivity index (χ2n) is 21.3. The van der Waals surface area contributed by atoms with Gasteiger partial charge in [-0.25, -0.2) is 0 Å². The maximum Gasteiger partial charge on any atom is 0.306 e. The zero-order chi connectivity index (χ0) is 55.0. The van der Waals surface area contributed by atoms with Crippen LogP contribution in [0.3, 0.4) is 0 Å². The average molecular weight is 1060 g/mol. The molecule has 0 bridgehead atoms. The monoisotopic (exact) mass is 1060 g/mol. The number of allylic oxidation sites excluding steroid dienone is 16. The van der Waals surface area contributed by atoms with Gasteiger partial charge in [-0.1, -0.05) is 285 Å². The van der Waals surface area contributed by atoms with E-state index in [1.165, 1.54) is 154 Å². The molecule has 0 aliphatic rings. The van der Waals surface area contributed by atoms with E-state index < -0.39 is 6.10 Å². The summed E-state index contributed by atoms with van der Waals surface area (Å²) in [5, 5.41) is 0. The second-order valence-corrected chi connectivity index (χ2v) is 21.3. The third-order valence-corrected chi connectivity index (χ3v) is 13.8. The van der Waals surface area contributed by atoms with E-state index in [2.05, 4.69) is 118 Å². The Labute approximate surface area is 470 Å². The Bertz CT molecular complexity index is 1490. The van der Waals surface area contributed by atoms with Crippen molar-refractivity contribution in [2.24, 2.45) is 0 Å². The van der Waals surface area contributed by atoms with Crippen LogP contribution in [0.2, 0.25) is 0 Å². The summed E-state index contributed by atoms with van der Waals surface area (Å²) in [5.74, 6) is -0.927. The van der Waals surface area contributed by atoms with Gasteiger partial charge in [-0.2, -0.15) is 0 Å². The van der Waals surface area contributed by atoms with E-state index in [-0.39, 0.29) is 37.5 Å². The third-order valence-electron chi connectivity index (χ3n) is 13.8. The summed E-state index contributed by atoms with van der Waals surface area (Å²) in [6, 6.07) is 0. The highest BCUT2D eigenvalue weighted by atomic mass is 16.6. The molecule has 0 aromatic heterocycles. The Kier molecular flexibility index (Phi) is 60.8. The number of esters is 3. The van der Waals surface area contributed by atoms with Crippen molar-refractivity contribution in [1.29, 1.82) is 0 Å². The van der Waals surface area contributed by atoms with E-state index >= 15 is 0 Å². The number of hydrogen-bond acceptors (Lipinski definition) is 6. The minimum Gasteiger partial charge on any atom is -0.462 e. The highest BCUT2D eigenvalue weighted by Crippen LogP contribution is 2.16. The molecule has 0 heterocycles. The topological polar surface area (TPSA) is 78.9 Å². The van der Waals surface area contributed by atoms with Crippen LogP contribution in [-0.2, 0) is 28.6 Å². The number of carbonyl (C=O) groups is 3. The molecule has 76 heavy (non-hydrogen) atoms. The highest BCUT2D eigenvalue weighted by molar-refractivity contribution is 5.71. The van der Waals surface area contributed by atoms with E-state index in [0.717, 1.165) is 116 Å². The van der Waals surface area contributed by atoms with Gasteiger partial charge in [0.05, 0.1) is 0 Å². The summed E-state index contributed by atoms with van der Waals surface area (Å²) >= 11 is 0. The molecule has 0 aliphatic carbocycles. The molecule has 0 rings (SSSR count). The van der Waals surface area contributed by atoms with Crippen molar-refractivity contribution in [2.45, 2.75) is 316 Å². The highest BCUT2D eigenvalue weighted by Gasteiger charge is 2.19. The van der Waals surface area contributed by atoms with E-state index in [4.69, 9.17) is 14.2 Å². The first-order chi connectivity index (χ1) is 37.5. The zero-order valence-corrected chi connectivity index (χ0v) is 50.0. The van der Waals surface area contributed by atoms with Gasteiger partial charge in [-0.05, 0) is 103 Å². The molecule has 0 radical (unpaired) electrons. The summed E-state index contributed by atoms with van der Waals surface area (Å²) < 4.78 is 16.9. The number of carbonyl (C=O) groups excluding carboxylic acids is 3. The van der Waals surface area contributed by atoms with Crippen molar-refractivity contribution in [3.8, 4) is 0 Å². The summed E-state index contributed by atoms with van der Waals surface area (Å²) in [6.45, 7) is 6.51. The molecular formula is C70H120O6. The molecule has 1 atom stereocenters. The maximum atomic E-state index is 12.9. The molecule has 0 saturated heterocycles. The predicted octanol–water partition coefficient (Wildman–Crippen LogP) is 22.0. The van der Waals surface area contributed by atoms with Gasteiger partial charge >= 0.3 is 17.9 Å². The first-order valence-corrected chi connectivity index (χ1v) is 32.2. The van der Waals surface area contributed by atoms with Crippen LogP contribution >= 0.6 is 0 Å². The fourth-order valence-corrected chi connectivity index (χ4v) is 9.01. The number of hydrogen-bond donors (Lipinski definition) is 0. The van der Waals surface area contributed by atoms with Crippen molar-refractivity contribution >= 4 is 17.9 Å². The molecule has 0 aromatic rings. The van der Waals surface area contributed by atoms with E-state index in [1.54, 1.807) is 0 Å². The Hall–Kier alpha value is -3.67. The quantitative estimate of drug-likeness (QED) is 0.0261. The zero-order valence-electron chi connectivity index (χ0n) is 50.0. The van der Waals surface area contributed by atoms with E-state index in [1.807, 2.05) is 0 Å². The number of rotatable bonds is 58. The molecule has 1 unspecified atom stereocenters. The van der Waals surface area contributed by atoms with Gasteiger partial charge in [0, 0.05) is 19.3 Å². The van der Waals surface area contributed by atoms with Crippen LogP contribution in [0.25, 0.3) is 0 Å². The van der Waals surface area contributed by atoms with Crippen LogP contribution in [0.1, 0.15) is 310 Å². The van der Waals surface area contributed by atoms with Crippen molar-refractivity contribution in [3.05, 3.63) is 97.2 Å². The molecule has 436 valence electrons. The third kappa shape index (κ3) is 61.2. The fourth-order valence-electron chi connectivity index (χ4n) is 9.01. The molecule has 0 fully saturated rings. The molecule has 6 heteroatoms.